The van der Waals surface area contributed by atoms with Crippen molar-refractivity contribution in [3.05, 3.63) is 78.1 Å². The molecule has 0 aliphatic carbocycles. The number of hydrogen-bond donors (Lipinski definition) is 4. The fourth-order valence-electron chi connectivity index (χ4n) is 5.09. The molecule has 4 rings (SSSR count). The SMILES string of the molecule is CC(C)(C)C(=O)N1CCC[C@H]1C(=O)N[C@H](Cc1ccc2ccccc2c1)C(=O)NCC(O)CNCc1cccnc1. The van der Waals surface area contributed by atoms with Crippen LogP contribution in [0.15, 0.2) is 67.0 Å². The molecule has 9 heteroatoms. The van der Waals surface area contributed by atoms with Gasteiger partial charge in [-0.05, 0) is 40.8 Å². The highest BCUT2D eigenvalue weighted by Crippen LogP contribution is 2.26. The van der Waals surface area contributed by atoms with Crippen LogP contribution in [0.5, 0.6) is 0 Å². The Labute approximate surface area is 241 Å². The first-order chi connectivity index (χ1) is 19.6. The number of nitrogens with zero attached hydrogens (tertiary/aromatic N) is 2. The van der Waals surface area contributed by atoms with E-state index in [1.54, 1.807) is 17.3 Å². The van der Waals surface area contributed by atoms with Gasteiger partial charge in [0.05, 0.1) is 6.10 Å². The molecule has 1 aliphatic heterocycles. The quantitative estimate of drug-likeness (QED) is 0.286. The molecule has 3 atom stereocenters. The number of rotatable bonds is 11. The summed E-state index contributed by atoms with van der Waals surface area (Å²) in [5.74, 6) is -0.795. The molecule has 0 bridgehead atoms. The van der Waals surface area contributed by atoms with E-state index in [0.29, 0.717) is 19.5 Å². The highest BCUT2D eigenvalue weighted by Gasteiger charge is 2.39. The summed E-state index contributed by atoms with van der Waals surface area (Å²) >= 11 is 0. The number of carbonyl (C=O) groups is 3. The van der Waals surface area contributed by atoms with Gasteiger partial charge in [-0.25, -0.2) is 0 Å². The monoisotopic (exact) mass is 559 g/mol. The van der Waals surface area contributed by atoms with E-state index in [9.17, 15) is 19.5 Å². The molecule has 0 saturated carbocycles. The third-order valence-corrected chi connectivity index (χ3v) is 7.29. The fourth-order valence-corrected chi connectivity index (χ4v) is 5.09. The van der Waals surface area contributed by atoms with E-state index in [-0.39, 0.29) is 37.2 Å². The molecule has 2 aromatic carbocycles. The first-order valence-corrected chi connectivity index (χ1v) is 14.3. The number of nitrogens with one attached hydrogen (secondary N) is 3. The minimum Gasteiger partial charge on any atom is -0.390 e. The van der Waals surface area contributed by atoms with Crippen molar-refractivity contribution in [3.63, 3.8) is 0 Å². The molecule has 1 fully saturated rings. The number of fused-ring (bicyclic) bond motifs is 1. The molecule has 0 radical (unpaired) electrons. The predicted octanol–water partition coefficient (Wildman–Crippen LogP) is 2.57. The van der Waals surface area contributed by atoms with Crippen LogP contribution in [0.4, 0.5) is 0 Å². The molecule has 1 aromatic heterocycles. The minimum absolute atomic E-state index is 0.0288. The zero-order valence-corrected chi connectivity index (χ0v) is 24.1. The maximum absolute atomic E-state index is 13.5. The number of aliphatic hydroxyl groups excluding tert-OH is 1. The van der Waals surface area contributed by atoms with Crippen LogP contribution in [0.1, 0.15) is 44.7 Å². The van der Waals surface area contributed by atoms with Crippen LogP contribution in [0.3, 0.4) is 0 Å². The van der Waals surface area contributed by atoms with Crippen molar-refractivity contribution in [2.45, 2.75) is 64.8 Å². The van der Waals surface area contributed by atoms with E-state index >= 15 is 0 Å². The first-order valence-electron chi connectivity index (χ1n) is 14.3. The standard InChI is InChI=1S/C32H41N5O4/c1-32(2,3)31(41)37-15-7-11-28(37)30(40)36-27(17-22-12-13-24-9-4-5-10-25(24)16-22)29(39)35-21-26(38)20-34-19-23-8-6-14-33-18-23/h4-6,8-10,12-14,16,18,26-28,34,38H,7,11,15,17,19-21H2,1-3H3,(H,35,39)(H,36,40)/t26?,27-,28+/m1/s1. The molecule has 3 amide bonds. The molecular weight excluding hydrogens is 518 g/mol. The Morgan fingerprint density at radius 2 is 1.80 bits per heavy atom. The van der Waals surface area contributed by atoms with Crippen LogP contribution in [0, 0.1) is 5.41 Å². The molecule has 3 aromatic rings. The van der Waals surface area contributed by atoms with Crippen molar-refractivity contribution in [1.82, 2.24) is 25.8 Å². The number of carbonyl (C=O) groups excluding carboxylic acids is 3. The average Bonchev–Trinajstić information content (AvgIpc) is 3.45. The summed E-state index contributed by atoms with van der Waals surface area (Å²) in [7, 11) is 0. The Hall–Kier alpha value is -3.82. The maximum atomic E-state index is 13.5. The zero-order valence-electron chi connectivity index (χ0n) is 24.1. The molecule has 218 valence electrons. The Morgan fingerprint density at radius 3 is 2.54 bits per heavy atom. The average molecular weight is 560 g/mol. The Morgan fingerprint density at radius 1 is 1.02 bits per heavy atom. The van der Waals surface area contributed by atoms with Crippen LogP contribution in [0.2, 0.25) is 0 Å². The molecular formula is C32H41N5O4. The Bertz CT molecular complexity index is 1340. The van der Waals surface area contributed by atoms with E-state index in [0.717, 1.165) is 28.3 Å². The van der Waals surface area contributed by atoms with Crippen LogP contribution >= 0.6 is 0 Å². The van der Waals surface area contributed by atoms with Crippen LogP contribution < -0.4 is 16.0 Å². The van der Waals surface area contributed by atoms with Gasteiger partial charge in [-0.3, -0.25) is 19.4 Å². The van der Waals surface area contributed by atoms with E-state index in [1.807, 2.05) is 75.4 Å². The fraction of sp³-hybridized carbons (Fsp3) is 0.438. The molecule has 4 N–H and O–H groups in total. The van der Waals surface area contributed by atoms with Gasteiger partial charge >= 0.3 is 0 Å². The normalized spacial score (nSPS) is 16.8. The van der Waals surface area contributed by atoms with Gasteiger partial charge in [0.1, 0.15) is 12.1 Å². The van der Waals surface area contributed by atoms with Crippen molar-refractivity contribution in [3.8, 4) is 0 Å². The van der Waals surface area contributed by atoms with E-state index in [1.165, 1.54) is 0 Å². The third-order valence-electron chi connectivity index (χ3n) is 7.29. The lowest BCUT2D eigenvalue weighted by atomic mass is 9.94. The van der Waals surface area contributed by atoms with Gasteiger partial charge in [0.2, 0.25) is 17.7 Å². The number of aliphatic hydroxyl groups is 1. The zero-order chi connectivity index (χ0) is 29.4. The van der Waals surface area contributed by atoms with Gasteiger partial charge in [0, 0.05) is 50.4 Å². The van der Waals surface area contributed by atoms with Crippen molar-refractivity contribution in [1.29, 1.82) is 0 Å². The van der Waals surface area contributed by atoms with Crippen molar-refractivity contribution in [2.75, 3.05) is 19.6 Å². The van der Waals surface area contributed by atoms with E-state index in [2.05, 4.69) is 20.9 Å². The van der Waals surface area contributed by atoms with E-state index in [4.69, 9.17) is 0 Å². The number of aromatic nitrogens is 1. The lowest BCUT2D eigenvalue weighted by Gasteiger charge is -2.31. The van der Waals surface area contributed by atoms with Crippen LogP contribution in [0.25, 0.3) is 10.8 Å². The number of hydrogen-bond acceptors (Lipinski definition) is 6. The van der Waals surface area contributed by atoms with Gasteiger partial charge in [-0.2, -0.15) is 0 Å². The summed E-state index contributed by atoms with van der Waals surface area (Å²) in [4.78, 5) is 45.6. The number of pyridine rings is 1. The molecule has 2 heterocycles. The largest absolute Gasteiger partial charge is 0.390 e. The second kappa shape index (κ2) is 13.7. The van der Waals surface area contributed by atoms with Gasteiger partial charge in [-0.15, -0.1) is 0 Å². The second-order valence-corrected chi connectivity index (χ2v) is 11.7. The Kier molecular flexibility index (Phi) is 10.1. The molecule has 0 spiro atoms. The van der Waals surface area contributed by atoms with Crippen molar-refractivity contribution < 1.29 is 19.5 Å². The number of benzene rings is 2. The minimum atomic E-state index is -0.869. The first kappa shape index (κ1) is 30.1. The summed E-state index contributed by atoms with van der Waals surface area (Å²) in [6, 6.07) is 16.2. The molecule has 9 nitrogen and oxygen atoms in total. The van der Waals surface area contributed by atoms with Gasteiger partial charge < -0.3 is 26.0 Å². The third kappa shape index (κ3) is 8.34. The van der Waals surface area contributed by atoms with Gasteiger partial charge in [0.25, 0.3) is 0 Å². The van der Waals surface area contributed by atoms with Gasteiger partial charge in [0.15, 0.2) is 0 Å². The molecule has 1 aliphatic rings. The maximum Gasteiger partial charge on any atom is 0.243 e. The highest BCUT2D eigenvalue weighted by molar-refractivity contribution is 5.93. The number of amides is 3. The van der Waals surface area contributed by atoms with Crippen molar-refractivity contribution in [2.24, 2.45) is 5.41 Å². The summed E-state index contributed by atoms with van der Waals surface area (Å²) < 4.78 is 0. The van der Waals surface area contributed by atoms with Crippen LogP contribution in [-0.2, 0) is 27.3 Å². The predicted molar refractivity (Wildman–Crippen MR) is 159 cm³/mol. The number of likely N-dealkylation sites (tertiary alicyclic amines) is 1. The van der Waals surface area contributed by atoms with Crippen molar-refractivity contribution >= 4 is 28.5 Å². The molecule has 1 unspecified atom stereocenters. The summed E-state index contributed by atoms with van der Waals surface area (Å²) in [5.41, 5.74) is 1.29. The highest BCUT2D eigenvalue weighted by atomic mass is 16.3. The van der Waals surface area contributed by atoms with Crippen LogP contribution in [-0.4, -0.2) is 70.5 Å². The molecule has 1 saturated heterocycles. The second-order valence-electron chi connectivity index (χ2n) is 11.7. The Balaban J connectivity index is 1.42. The molecule has 41 heavy (non-hydrogen) atoms. The lowest BCUT2D eigenvalue weighted by molar-refractivity contribution is -0.145. The van der Waals surface area contributed by atoms with E-state index < -0.39 is 23.6 Å². The summed E-state index contributed by atoms with van der Waals surface area (Å²) in [6.45, 7) is 6.91. The smallest absolute Gasteiger partial charge is 0.243 e. The van der Waals surface area contributed by atoms with Gasteiger partial charge in [-0.1, -0.05) is 69.3 Å². The topological polar surface area (TPSA) is 124 Å². The lowest BCUT2D eigenvalue weighted by Crippen LogP contribution is -2.55. The summed E-state index contributed by atoms with van der Waals surface area (Å²) in [5, 5.41) is 21.5. The summed E-state index contributed by atoms with van der Waals surface area (Å²) in [6.07, 6.45) is 4.20.